The third-order valence-electron chi connectivity index (χ3n) is 4.24. The van der Waals surface area contributed by atoms with Crippen LogP contribution in [0.3, 0.4) is 0 Å². The Morgan fingerprint density at radius 2 is 1.58 bits per heavy atom. The Kier molecular flexibility index (Phi) is 5.88. The second kappa shape index (κ2) is 8.50. The molecule has 0 fully saturated rings. The van der Waals surface area contributed by atoms with Gasteiger partial charge < -0.3 is 5.32 Å². The molecule has 0 bridgehead atoms. The van der Waals surface area contributed by atoms with Crippen molar-refractivity contribution in [3.8, 4) is 0 Å². The van der Waals surface area contributed by atoms with Crippen LogP contribution in [-0.4, -0.2) is 5.91 Å². The first-order valence-electron chi connectivity index (χ1n) is 8.49. The van der Waals surface area contributed by atoms with Crippen molar-refractivity contribution in [3.05, 3.63) is 112 Å². The van der Waals surface area contributed by atoms with Gasteiger partial charge in [-0.2, -0.15) is 0 Å². The largest absolute Gasteiger partial charge is 0.342 e. The first-order chi connectivity index (χ1) is 12.6. The Morgan fingerprint density at radius 3 is 2.31 bits per heavy atom. The highest BCUT2D eigenvalue weighted by Crippen LogP contribution is 2.25. The second-order valence-corrected chi connectivity index (χ2v) is 6.47. The van der Waals surface area contributed by atoms with Crippen LogP contribution in [0.1, 0.15) is 28.3 Å². The molecule has 1 atom stereocenters. The van der Waals surface area contributed by atoms with E-state index >= 15 is 0 Å². The van der Waals surface area contributed by atoms with Crippen molar-refractivity contribution in [2.45, 2.75) is 13.0 Å². The number of hydrogen-bond acceptors (Lipinski definition) is 1. The van der Waals surface area contributed by atoms with Gasteiger partial charge in [-0.05, 0) is 41.3 Å². The van der Waals surface area contributed by atoms with E-state index in [2.05, 4.69) is 18.3 Å². The lowest BCUT2D eigenvalue weighted by Crippen LogP contribution is -2.28. The number of aryl methyl sites for hydroxylation is 1. The van der Waals surface area contributed by atoms with Crippen LogP contribution >= 0.6 is 11.6 Å². The SMILES string of the molecule is Cc1ccccc1[C@@H](NC(=O)/C=C/c1ccccc1Cl)c1ccccc1. The first kappa shape index (κ1) is 18.0. The number of nitrogens with one attached hydrogen (secondary N) is 1. The average Bonchev–Trinajstić information content (AvgIpc) is 2.67. The zero-order valence-corrected chi connectivity index (χ0v) is 15.3. The molecular formula is C23H20ClNO. The Morgan fingerprint density at radius 1 is 0.923 bits per heavy atom. The van der Waals surface area contributed by atoms with E-state index < -0.39 is 0 Å². The molecule has 0 aromatic heterocycles. The van der Waals surface area contributed by atoms with Gasteiger partial charge in [0, 0.05) is 11.1 Å². The summed E-state index contributed by atoms with van der Waals surface area (Å²) >= 11 is 6.14. The molecule has 0 aliphatic rings. The number of carbonyl (C=O) groups excluding carboxylic acids is 1. The molecule has 130 valence electrons. The molecule has 3 heteroatoms. The number of benzene rings is 3. The van der Waals surface area contributed by atoms with Crippen molar-refractivity contribution >= 4 is 23.6 Å². The quantitative estimate of drug-likeness (QED) is 0.591. The minimum atomic E-state index is -0.208. The van der Waals surface area contributed by atoms with Crippen LogP contribution in [0.15, 0.2) is 84.9 Å². The van der Waals surface area contributed by atoms with Gasteiger partial charge >= 0.3 is 0 Å². The Balaban J connectivity index is 1.86. The van der Waals surface area contributed by atoms with Gasteiger partial charge in [-0.15, -0.1) is 0 Å². The van der Waals surface area contributed by atoms with E-state index in [0.29, 0.717) is 5.02 Å². The summed E-state index contributed by atoms with van der Waals surface area (Å²) in [6.45, 7) is 2.05. The van der Waals surface area contributed by atoms with E-state index in [9.17, 15) is 4.79 Å². The van der Waals surface area contributed by atoms with Crippen LogP contribution < -0.4 is 5.32 Å². The van der Waals surface area contributed by atoms with E-state index in [1.165, 1.54) is 6.08 Å². The van der Waals surface area contributed by atoms with Crippen molar-refractivity contribution in [2.24, 2.45) is 0 Å². The first-order valence-corrected chi connectivity index (χ1v) is 8.86. The molecular weight excluding hydrogens is 342 g/mol. The van der Waals surface area contributed by atoms with E-state index in [1.54, 1.807) is 12.1 Å². The summed E-state index contributed by atoms with van der Waals surface area (Å²) in [4.78, 5) is 12.6. The van der Waals surface area contributed by atoms with Gasteiger partial charge in [0.1, 0.15) is 0 Å². The van der Waals surface area contributed by atoms with Crippen molar-refractivity contribution in [1.29, 1.82) is 0 Å². The van der Waals surface area contributed by atoms with Gasteiger partial charge in [-0.25, -0.2) is 0 Å². The Hall–Kier alpha value is -2.84. The summed E-state index contributed by atoms with van der Waals surface area (Å²) in [7, 11) is 0. The fourth-order valence-corrected chi connectivity index (χ4v) is 3.06. The highest BCUT2D eigenvalue weighted by atomic mass is 35.5. The minimum Gasteiger partial charge on any atom is -0.342 e. The van der Waals surface area contributed by atoms with Gasteiger partial charge in [0.2, 0.25) is 5.91 Å². The average molecular weight is 362 g/mol. The van der Waals surface area contributed by atoms with Gasteiger partial charge in [0.05, 0.1) is 6.04 Å². The topological polar surface area (TPSA) is 29.1 Å². The lowest BCUT2D eigenvalue weighted by molar-refractivity contribution is -0.116. The predicted molar refractivity (Wildman–Crippen MR) is 108 cm³/mol. The van der Waals surface area contributed by atoms with E-state index in [-0.39, 0.29) is 11.9 Å². The zero-order valence-electron chi connectivity index (χ0n) is 14.5. The fourth-order valence-electron chi connectivity index (χ4n) is 2.86. The normalized spacial score (nSPS) is 12.1. The number of rotatable bonds is 5. The van der Waals surface area contributed by atoms with Gasteiger partial charge in [0.25, 0.3) is 0 Å². The van der Waals surface area contributed by atoms with Gasteiger partial charge in [0.15, 0.2) is 0 Å². The van der Waals surface area contributed by atoms with Crippen molar-refractivity contribution < 1.29 is 4.79 Å². The predicted octanol–water partition coefficient (Wildman–Crippen LogP) is 5.57. The number of hydrogen-bond donors (Lipinski definition) is 1. The van der Waals surface area contributed by atoms with Crippen LogP contribution in [0, 0.1) is 6.92 Å². The standard InChI is InChI=1S/C23H20ClNO/c1-17-9-5-7-13-20(17)23(19-11-3-2-4-12-19)25-22(26)16-15-18-10-6-8-14-21(18)24/h2-16,23H,1H3,(H,25,26)/b16-15+/t23-/m0/s1. The maximum absolute atomic E-state index is 12.6. The van der Waals surface area contributed by atoms with E-state index in [4.69, 9.17) is 11.6 Å². The number of amides is 1. The summed E-state index contributed by atoms with van der Waals surface area (Å²) in [6.07, 6.45) is 3.26. The highest BCUT2D eigenvalue weighted by Gasteiger charge is 2.17. The van der Waals surface area contributed by atoms with Crippen LogP contribution in [0.4, 0.5) is 0 Å². The lowest BCUT2D eigenvalue weighted by atomic mass is 9.95. The molecule has 0 saturated heterocycles. The molecule has 1 amide bonds. The third kappa shape index (κ3) is 4.41. The molecule has 0 aliphatic heterocycles. The van der Waals surface area contributed by atoms with Crippen LogP contribution in [0.25, 0.3) is 6.08 Å². The summed E-state index contributed by atoms with van der Waals surface area (Å²) in [5.41, 5.74) is 4.08. The molecule has 0 unspecified atom stereocenters. The van der Waals surface area contributed by atoms with E-state index in [0.717, 1.165) is 22.3 Å². The molecule has 1 N–H and O–H groups in total. The van der Waals surface area contributed by atoms with Crippen molar-refractivity contribution in [1.82, 2.24) is 5.32 Å². The highest BCUT2D eigenvalue weighted by molar-refractivity contribution is 6.32. The van der Waals surface area contributed by atoms with Gasteiger partial charge in [-0.1, -0.05) is 84.4 Å². The van der Waals surface area contributed by atoms with Crippen molar-refractivity contribution in [2.75, 3.05) is 0 Å². The fraction of sp³-hybridized carbons (Fsp3) is 0.0870. The molecule has 0 aliphatic carbocycles. The zero-order chi connectivity index (χ0) is 18.4. The van der Waals surface area contributed by atoms with E-state index in [1.807, 2.05) is 66.7 Å². The Bertz CT molecular complexity index is 918. The molecule has 0 heterocycles. The number of carbonyl (C=O) groups is 1. The molecule has 0 radical (unpaired) electrons. The molecule has 3 aromatic carbocycles. The molecule has 0 saturated carbocycles. The smallest absolute Gasteiger partial charge is 0.244 e. The molecule has 3 rings (SSSR count). The molecule has 2 nitrogen and oxygen atoms in total. The Labute approximate surface area is 159 Å². The summed E-state index contributed by atoms with van der Waals surface area (Å²) in [5.74, 6) is -0.165. The minimum absolute atomic E-state index is 0.165. The molecule has 26 heavy (non-hydrogen) atoms. The van der Waals surface area contributed by atoms with Crippen LogP contribution in [-0.2, 0) is 4.79 Å². The molecule has 3 aromatic rings. The summed E-state index contributed by atoms with van der Waals surface area (Å²) < 4.78 is 0. The maximum Gasteiger partial charge on any atom is 0.244 e. The van der Waals surface area contributed by atoms with Gasteiger partial charge in [-0.3, -0.25) is 4.79 Å². The van der Waals surface area contributed by atoms with Crippen LogP contribution in [0.5, 0.6) is 0 Å². The monoisotopic (exact) mass is 361 g/mol. The third-order valence-corrected chi connectivity index (χ3v) is 4.58. The summed E-state index contributed by atoms with van der Waals surface area (Å²) in [6, 6.07) is 25.3. The van der Waals surface area contributed by atoms with Crippen molar-refractivity contribution in [3.63, 3.8) is 0 Å². The van der Waals surface area contributed by atoms with Crippen LogP contribution in [0.2, 0.25) is 5.02 Å². The second-order valence-electron chi connectivity index (χ2n) is 6.06. The maximum atomic E-state index is 12.6. The summed E-state index contributed by atoms with van der Waals surface area (Å²) in [5, 5.41) is 3.73. The molecule has 0 spiro atoms. The lowest BCUT2D eigenvalue weighted by Gasteiger charge is -2.21. The number of halogens is 1.